The lowest BCUT2D eigenvalue weighted by molar-refractivity contribution is -0.134. The van der Waals surface area contributed by atoms with E-state index in [0.717, 1.165) is 21.9 Å². The van der Waals surface area contributed by atoms with Gasteiger partial charge in [0.1, 0.15) is 12.2 Å². The maximum Gasteiger partial charge on any atom is 0.437 e. The fraction of sp³-hybridized carbons (Fsp3) is 0.400. The molecular weight excluding hydrogens is 344 g/mol. The van der Waals surface area contributed by atoms with E-state index in [9.17, 15) is 9.59 Å². The standard InChI is InChI=1S/C20H22N4O3/c1-13-9-14(2)11-23(10-13)17(25)12-24-20(26)27-19(22-24)18-16-6-4-3-5-15(16)7-8-21-18/h3-8,13-14H,9-12H2,1-2H3. The highest BCUT2D eigenvalue weighted by Crippen LogP contribution is 2.24. The summed E-state index contributed by atoms with van der Waals surface area (Å²) in [5, 5.41) is 6.06. The Kier molecular flexibility index (Phi) is 4.51. The fourth-order valence-electron chi connectivity index (χ4n) is 3.89. The lowest BCUT2D eigenvalue weighted by atomic mass is 9.92. The number of fused-ring (bicyclic) bond motifs is 1. The summed E-state index contributed by atoms with van der Waals surface area (Å²) in [6.07, 6.45) is 2.77. The molecule has 7 heteroatoms. The number of rotatable bonds is 3. The zero-order chi connectivity index (χ0) is 19.0. The molecule has 1 aliphatic heterocycles. The third-order valence-electron chi connectivity index (χ3n) is 4.99. The SMILES string of the molecule is CC1CC(C)CN(C(=O)Cn2nc(-c3nccc4ccccc34)oc2=O)C1. The smallest absolute Gasteiger partial charge is 0.386 e. The van der Waals surface area contributed by atoms with Crippen LogP contribution >= 0.6 is 0 Å². The second kappa shape index (κ2) is 6.98. The van der Waals surface area contributed by atoms with Gasteiger partial charge in [-0.05, 0) is 29.7 Å². The fourth-order valence-corrected chi connectivity index (χ4v) is 3.89. The van der Waals surface area contributed by atoms with E-state index in [1.54, 1.807) is 6.20 Å². The summed E-state index contributed by atoms with van der Waals surface area (Å²) >= 11 is 0. The number of aromatic nitrogens is 3. The largest absolute Gasteiger partial charge is 0.437 e. The Balaban J connectivity index is 1.60. The van der Waals surface area contributed by atoms with Gasteiger partial charge in [-0.25, -0.2) is 4.79 Å². The summed E-state index contributed by atoms with van der Waals surface area (Å²) < 4.78 is 6.39. The lowest BCUT2D eigenvalue weighted by Gasteiger charge is -2.34. The molecule has 0 radical (unpaired) electrons. The van der Waals surface area contributed by atoms with E-state index in [1.807, 2.05) is 35.2 Å². The molecule has 2 atom stereocenters. The summed E-state index contributed by atoms with van der Waals surface area (Å²) in [5.74, 6) is 0.293. The molecule has 7 nitrogen and oxygen atoms in total. The number of pyridine rings is 1. The van der Waals surface area contributed by atoms with Crippen molar-refractivity contribution >= 4 is 16.7 Å². The topological polar surface area (TPSA) is 81.2 Å². The molecule has 0 aliphatic carbocycles. The number of amides is 1. The van der Waals surface area contributed by atoms with Crippen LogP contribution in [0, 0.1) is 11.8 Å². The highest BCUT2D eigenvalue weighted by molar-refractivity contribution is 5.92. The van der Waals surface area contributed by atoms with E-state index in [1.165, 1.54) is 0 Å². The average Bonchev–Trinajstić information content (AvgIpc) is 3.00. The Morgan fingerprint density at radius 2 is 1.93 bits per heavy atom. The van der Waals surface area contributed by atoms with Crippen molar-refractivity contribution in [3.8, 4) is 11.6 Å². The Morgan fingerprint density at radius 1 is 1.19 bits per heavy atom. The van der Waals surface area contributed by atoms with Gasteiger partial charge in [-0.15, -0.1) is 5.10 Å². The maximum atomic E-state index is 12.6. The van der Waals surface area contributed by atoms with Crippen LogP contribution in [0.1, 0.15) is 20.3 Å². The molecule has 2 unspecified atom stereocenters. The van der Waals surface area contributed by atoms with E-state index < -0.39 is 5.76 Å². The van der Waals surface area contributed by atoms with Gasteiger partial charge >= 0.3 is 5.76 Å². The second-order valence-corrected chi connectivity index (χ2v) is 7.46. The molecule has 140 valence electrons. The minimum absolute atomic E-state index is 0.110. The van der Waals surface area contributed by atoms with Crippen LogP contribution < -0.4 is 5.76 Å². The van der Waals surface area contributed by atoms with Crippen LogP contribution in [0.2, 0.25) is 0 Å². The summed E-state index contributed by atoms with van der Waals surface area (Å²) in [5.41, 5.74) is 0.497. The van der Waals surface area contributed by atoms with Crippen molar-refractivity contribution in [3.63, 3.8) is 0 Å². The molecule has 1 fully saturated rings. The van der Waals surface area contributed by atoms with Crippen molar-refractivity contribution in [1.29, 1.82) is 0 Å². The molecule has 1 amide bonds. The highest BCUT2D eigenvalue weighted by Gasteiger charge is 2.26. The molecular formula is C20H22N4O3. The normalized spacial score (nSPS) is 20.1. The van der Waals surface area contributed by atoms with Gasteiger partial charge in [0, 0.05) is 24.7 Å². The summed E-state index contributed by atoms with van der Waals surface area (Å²) in [4.78, 5) is 31.0. The molecule has 3 heterocycles. The first kappa shape index (κ1) is 17.5. The van der Waals surface area contributed by atoms with Crippen LogP contribution in [0.4, 0.5) is 0 Å². The van der Waals surface area contributed by atoms with Crippen molar-refractivity contribution < 1.29 is 9.21 Å². The molecule has 2 aromatic heterocycles. The number of carbonyl (C=O) groups is 1. The Bertz CT molecular complexity index is 1020. The van der Waals surface area contributed by atoms with Gasteiger partial charge in [-0.3, -0.25) is 9.78 Å². The van der Waals surface area contributed by atoms with Gasteiger partial charge in [0.2, 0.25) is 5.91 Å². The minimum Gasteiger partial charge on any atom is -0.386 e. The van der Waals surface area contributed by atoms with E-state index in [2.05, 4.69) is 23.9 Å². The van der Waals surface area contributed by atoms with Gasteiger partial charge in [0.05, 0.1) is 0 Å². The van der Waals surface area contributed by atoms with Crippen molar-refractivity contribution in [2.75, 3.05) is 13.1 Å². The number of hydrogen-bond donors (Lipinski definition) is 0. The molecule has 0 N–H and O–H groups in total. The van der Waals surface area contributed by atoms with Crippen LogP contribution in [0.15, 0.2) is 45.7 Å². The number of hydrogen-bond acceptors (Lipinski definition) is 5. The number of likely N-dealkylation sites (tertiary alicyclic amines) is 1. The predicted octanol–water partition coefficient (Wildman–Crippen LogP) is 2.56. The third-order valence-corrected chi connectivity index (χ3v) is 4.99. The zero-order valence-corrected chi connectivity index (χ0v) is 15.5. The first-order valence-electron chi connectivity index (χ1n) is 9.21. The highest BCUT2D eigenvalue weighted by atomic mass is 16.4. The number of nitrogens with zero attached hydrogens (tertiary/aromatic N) is 4. The quantitative estimate of drug-likeness (QED) is 0.712. The van der Waals surface area contributed by atoms with Gasteiger partial charge < -0.3 is 9.32 Å². The van der Waals surface area contributed by atoms with Gasteiger partial charge in [-0.1, -0.05) is 38.1 Å². The van der Waals surface area contributed by atoms with Crippen LogP contribution in [0.25, 0.3) is 22.4 Å². The minimum atomic E-state index is -0.647. The van der Waals surface area contributed by atoms with Crippen LogP contribution in [0.5, 0.6) is 0 Å². The Hall–Kier alpha value is -2.96. The molecule has 0 spiro atoms. The lowest BCUT2D eigenvalue weighted by Crippen LogP contribution is -2.44. The monoisotopic (exact) mass is 366 g/mol. The van der Waals surface area contributed by atoms with Crippen molar-refractivity contribution in [2.24, 2.45) is 11.8 Å². The molecule has 0 bridgehead atoms. The molecule has 0 saturated carbocycles. The van der Waals surface area contributed by atoms with E-state index in [-0.39, 0.29) is 18.3 Å². The first-order valence-corrected chi connectivity index (χ1v) is 9.21. The van der Waals surface area contributed by atoms with Crippen LogP contribution in [-0.2, 0) is 11.3 Å². The van der Waals surface area contributed by atoms with Crippen molar-refractivity contribution in [3.05, 3.63) is 47.1 Å². The van der Waals surface area contributed by atoms with Gasteiger partial charge in [-0.2, -0.15) is 4.68 Å². The van der Waals surface area contributed by atoms with E-state index in [4.69, 9.17) is 4.42 Å². The Morgan fingerprint density at radius 3 is 2.70 bits per heavy atom. The average molecular weight is 366 g/mol. The molecule has 27 heavy (non-hydrogen) atoms. The Labute approximate surface area is 156 Å². The summed E-state index contributed by atoms with van der Waals surface area (Å²) in [6, 6.07) is 9.57. The zero-order valence-electron chi connectivity index (χ0n) is 15.5. The van der Waals surface area contributed by atoms with E-state index >= 15 is 0 Å². The van der Waals surface area contributed by atoms with Crippen molar-refractivity contribution in [2.45, 2.75) is 26.8 Å². The molecule has 3 aromatic rings. The summed E-state index contributed by atoms with van der Waals surface area (Å²) in [6.45, 7) is 5.60. The van der Waals surface area contributed by atoms with Crippen LogP contribution in [0.3, 0.4) is 0 Å². The number of benzene rings is 1. The second-order valence-electron chi connectivity index (χ2n) is 7.46. The predicted molar refractivity (Wildman–Crippen MR) is 101 cm³/mol. The van der Waals surface area contributed by atoms with Crippen LogP contribution in [-0.4, -0.2) is 38.7 Å². The molecule has 4 rings (SSSR count). The third kappa shape index (κ3) is 3.49. The number of carbonyl (C=O) groups excluding carboxylic acids is 1. The van der Waals surface area contributed by atoms with Gasteiger partial charge in [0.25, 0.3) is 5.89 Å². The number of piperidine rings is 1. The maximum absolute atomic E-state index is 12.6. The van der Waals surface area contributed by atoms with Crippen molar-refractivity contribution in [1.82, 2.24) is 19.7 Å². The molecule has 1 aliphatic rings. The molecule has 1 aromatic carbocycles. The summed E-state index contributed by atoms with van der Waals surface area (Å²) in [7, 11) is 0. The first-order chi connectivity index (χ1) is 13.0. The van der Waals surface area contributed by atoms with Gasteiger partial charge in [0.15, 0.2) is 0 Å². The molecule has 1 saturated heterocycles. The van der Waals surface area contributed by atoms with E-state index in [0.29, 0.717) is 30.6 Å².